The van der Waals surface area contributed by atoms with Gasteiger partial charge in [0.05, 0.1) is 5.56 Å². The highest BCUT2D eigenvalue weighted by atomic mass is 19.4. The van der Waals surface area contributed by atoms with Gasteiger partial charge in [0.2, 0.25) is 5.91 Å². The van der Waals surface area contributed by atoms with Gasteiger partial charge in [0.1, 0.15) is 0 Å². The molecule has 0 fully saturated rings. The number of alkyl halides is 3. The quantitative estimate of drug-likeness (QED) is 0.437. The van der Waals surface area contributed by atoms with Crippen molar-refractivity contribution in [2.24, 2.45) is 7.05 Å². The summed E-state index contributed by atoms with van der Waals surface area (Å²) in [5.74, 6) is -0.776. The third-order valence-electron chi connectivity index (χ3n) is 5.52. The Kier molecular flexibility index (Phi) is 5.99. The van der Waals surface area contributed by atoms with Gasteiger partial charge in [-0.1, -0.05) is 42.5 Å². The maximum Gasteiger partial charge on any atom is 0.416 e. The summed E-state index contributed by atoms with van der Waals surface area (Å²) in [4.78, 5) is 16.9. The van der Waals surface area contributed by atoms with Crippen molar-refractivity contribution in [3.8, 4) is 0 Å². The molecular weight excluding hydrogens is 415 g/mol. The van der Waals surface area contributed by atoms with E-state index in [0.29, 0.717) is 12.1 Å². The molecule has 0 saturated carbocycles. The van der Waals surface area contributed by atoms with E-state index in [1.165, 1.54) is 6.07 Å². The first kappa shape index (κ1) is 21.6. The number of rotatable bonds is 6. The lowest BCUT2D eigenvalue weighted by Crippen LogP contribution is -2.25. The van der Waals surface area contributed by atoms with E-state index in [1.807, 2.05) is 48.1 Å². The molecule has 1 amide bonds. The number of aryl methyl sites for hydroxylation is 1. The molecule has 164 valence electrons. The molecule has 1 atom stereocenters. The number of nitrogens with one attached hydrogen (secondary N) is 1. The molecule has 0 spiro atoms. The predicted octanol–water partition coefficient (Wildman–Crippen LogP) is 5.43. The highest BCUT2D eigenvalue weighted by Gasteiger charge is 2.32. The van der Waals surface area contributed by atoms with Gasteiger partial charge in [-0.15, -0.1) is 0 Å². The molecule has 0 bridgehead atoms. The first-order valence-electron chi connectivity index (χ1n) is 10.2. The zero-order valence-corrected chi connectivity index (χ0v) is 17.4. The summed E-state index contributed by atoms with van der Waals surface area (Å²) >= 11 is 0. The van der Waals surface area contributed by atoms with Gasteiger partial charge in [0, 0.05) is 55.4 Å². The van der Waals surface area contributed by atoms with Crippen molar-refractivity contribution in [1.29, 1.82) is 0 Å². The number of pyridine rings is 1. The summed E-state index contributed by atoms with van der Waals surface area (Å²) < 4.78 is 42.0. The fraction of sp³-hybridized carbons (Fsp3) is 0.200. The zero-order chi connectivity index (χ0) is 22.7. The fourth-order valence-electron chi connectivity index (χ4n) is 3.95. The second kappa shape index (κ2) is 8.86. The van der Waals surface area contributed by atoms with E-state index in [9.17, 15) is 18.0 Å². The Bertz CT molecular complexity index is 1230. The molecule has 7 heteroatoms. The summed E-state index contributed by atoms with van der Waals surface area (Å²) in [6, 6.07) is 16.5. The van der Waals surface area contributed by atoms with Gasteiger partial charge in [0.15, 0.2) is 0 Å². The number of halogens is 3. The van der Waals surface area contributed by atoms with Crippen molar-refractivity contribution >= 4 is 16.8 Å². The lowest BCUT2D eigenvalue weighted by molar-refractivity contribution is -0.137. The van der Waals surface area contributed by atoms with Crippen LogP contribution >= 0.6 is 0 Å². The number of hydrogen-bond acceptors (Lipinski definition) is 2. The molecule has 4 nitrogen and oxygen atoms in total. The largest absolute Gasteiger partial charge is 0.416 e. The maximum atomic E-state index is 13.4. The molecule has 4 rings (SSSR count). The highest BCUT2D eigenvalue weighted by Crippen LogP contribution is 2.37. The van der Waals surface area contributed by atoms with Gasteiger partial charge < -0.3 is 9.88 Å². The highest BCUT2D eigenvalue weighted by molar-refractivity contribution is 5.86. The average molecular weight is 437 g/mol. The first-order chi connectivity index (χ1) is 15.3. The van der Waals surface area contributed by atoms with Crippen LogP contribution in [0.1, 0.15) is 34.6 Å². The van der Waals surface area contributed by atoms with Crippen molar-refractivity contribution in [3.05, 3.63) is 102 Å². The Morgan fingerprint density at radius 3 is 2.66 bits per heavy atom. The normalized spacial score (nSPS) is 12.6. The van der Waals surface area contributed by atoms with Gasteiger partial charge in [-0.25, -0.2) is 0 Å². The van der Waals surface area contributed by atoms with Gasteiger partial charge in [-0.3, -0.25) is 9.78 Å². The maximum absolute atomic E-state index is 13.4. The van der Waals surface area contributed by atoms with Crippen molar-refractivity contribution in [1.82, 2.24) is 14.9 Å². The Morgan fingerprint density at radius 2 is 1.91 bits per heavy atom. The van der Waals surface area contributed by atoms with Crippen molar-refractivity contribution in [2.75, 3.05) is 0 Å². The van der Waals surface area contributed by atoms with Crippen LogP contribution in [-0.2, 0) is 24.6 Å². The van der Waals surface area contributed by atoms with Crippen molar-refractivity contribution in [3.63, 3.8) is 0 Å². The molecule has 0 radical (unpaired) electrons. The Labute approximate surface area is 183 Å². The van der Waals surface area contributed by atoms with Crippen LogP contribution in [-0.4, -0.2) is 15.5 Å². The minimum atomic E-state index is -4.46. The molecule has 0 aliphatic carbocycles. The third kappa shape index (κ3) is 4.66. The SMILES string of the molecule is Cn1cc(C(CC(=O)NCc2cccnc2)c2cccc(C(F)(F)F)c2)c2ccccc21. The Balaban J connectivity index is 1.69. The first-order valence-corrected chi connectivity index (χ1v) is 10.2. The topological polar surface area (TPSA) is 46.9 Å². The van der Waals surface area contributed by atoms with Gasteiger partial charge in [-0.2, -0.15) is 13.2 Å². The Hall–Kier alpha value is -3.61. The number of hydrogen-bond donors (Lipinski definition) is 1. The number of amides is 1. The van der Waals surface area contributed by atoms with E-state index in [0.717, 1.165) is 34.2 Å². The molecule has 2 aromatic carbocycles. The monoisotopic (exact) mass is 437 g/mol. The predicted molar refractivity (Wildman–Crippen MR) is 117 cm³/mol. The molecule has 32 heavy (non-hydrogen) atoms. The minimum absolute atomic E-state index is 0.0234. The zero-order valence-electron chi connectivity index (χ0n) is 17.4. The summed E-state index contributed by atoms with van der Waals surface area (Å²) in [6.45, 7) is 0.303. The average Bonchev–Trinajstić information content (AvgIpc) is 3.13. The van der Waals surface area contributed by atoms with Crippen LogP contribution in [0.2, 0.25) is 0 Å². The van der Waals surface area contributed by atoms with Crippen LogP contribution in [0.5, 0.6) is 0 Å². The van der Waals surface area contributed by atoms with E-state index in [1.54, 1.807) is 24.5 Å². The minimum Gasteiger partial charge on any atom is -0.352 e. The van der Waals surface area contributed by atoms with E-state index >= 15 is 0 Å². The van der Waals surface area contributed by atoms with Crippen LogP contribution in [0.3, 0.4) is 0 Å². The van der Waals surface area contributed by atoms with Gasteiger partial charge >= 0.3 is 6.18 Å². The Morgan fingerprint density at radius 1 is 1.09 bits per heavy atom. The second-order valence-electron chi connectivity index (χ2n) is 7.73. The third-order valence-corrected chi connectivity index (χ3v) is 5.52. The molecular formula is C25H22F3N3O. The van der Waals surface area contributed by atoms with Gasteiger partial charge in [0.25, 0.3) is 0 Å². The summed E-state index contributed by atoms with van der Waals surface area (Å²) in [5, 5.41) is 3.78. The number of fused-ring (bicyclic) bond motifs is 1. The van der Waals surface area contributed by atoms with Crippen LogP contribution in [0, 0.1) is 0 Å². The second-order valence-corrected chi connectivity index (χ2v) is 7.73. The fourth-order valence-corrected chi connectivity index (χ4v) is 3.95. The van der Waals surface area contributed by atoms with Crippen molar-refractivity contribution in [2.45, 2.75) is 25.1 Å². The molecule has 2 heterocycles. The van der Waals surface area contributed by atoms with Crippen LogP contribution in [0.4, 0.5) is 13.2 Å². The van der Waals surface area contributed by atoms with Gasteiger partial charge in [-0.05, 0) is 34.9 Å². The number of aromatic nitrogens is 2. The number of nitrogens with zero attached hydrogens (tertiary/aromatic N) is 2. The van der Waals surface area contributed by atoms with E-state index in [-0.39, 0.29) is 12.3 Å². The smallest absolute Gasteiger partial charge is 0.352 e. The number of carbonyl (C=O) groups is 1. The molecule has 0 aliphatic rings. The molecule has 0 aliphatic heterocycles. The lowest BCUT2D eigenvalue weighted by Gasteiger charge is -2.19. The van der Waals surface area contributed by atoms with E-state index in [2.05, 4.69) is 10.3 Å². The summed E-state index contributed by atoms with van der Waals surface area (Å²) in [5.41, 5.74) is 2.35. The summed E-state index contributed by atoms with van der Waals surface area (Å²) in [6.07, 6.45) is 0.770. The van der Waals surface area contributed by atoms with Crippen molar-refractivity contribution < 1.29 is 18.0 Å². The molecule has 0 saturated heterocycles. The number of carbonyl (C=O) groups excluding carboxylic acids is 1. The van der Waals surface area contributed by atoms with Crippen LogP contribution in [0.15, 0.2) is 79.3 Å². The standard InChI is InChI=1S/C25H22F3N3O/c1-31-16-22(20-9-2-3-10-23(20)31)21(18-7-4-8-19(12-18)25(26,27)28)13-24(32)30-15-17-6-5-11-29-14-17/h2-12,14,16,21H,13,15H2,1H3,(H,30,32). The lowest BCUT2D eigenvalue weighted by atomic mass is 9.87. The number of para-hydroxylation sites is 1. The molecule has 1 N–H and O–H groups in total. The van der Waals surface area contributed by atoms with E-state index in [4.69, 9.17) is 0 Å². The summed E-state index contributed by atoms with van der Waals surface area (Å²) in [7, 11) is 1.89. The van der Waals surface area contributed by atoms with Crippen LogP contribution in [0.25, 0.3) is 10.9 Å². The molecule has 4 aromatic rings. The van der Waals surface area contributed by atoms with Crippen LogP contribution < -0.4 is 5.32 Å². The number of benzene rings is 2. The van der Waals surface area contributed by atoms with E-state index < -0.39 is 17.7 Å². The molecule has 1 unspecified atom stereocenters. The molecule has 2 aromatic heterocycles.